The molecular weight excluding hydrogens is 350 g/mol. The lowest BCUT2D eigenvalue weighted by molar-refractivity contribution is -0.120. The van der Waals surface area contributed by atoms with E-state index in [1.165, 1.54) is 11.3 Å². The topological polar surface area (TPSA) is 64.6 Å². The first-order valence-electron chi connectivity index (χ1n) is 7.49. The van der Waals surface area contributed by atoms with Crippen LogP contribution in [0.2, 0.25) is 5.02 Å². The highest BCUT2D eigenvalue weighted by molar-refractivity contribution is 7.18. The average Bonchev–Trinajstić information content (AvgIpc) is 2.97. The molecule has 1 amide bonds. The molecule has 0 unspecified atom stereocenters. The van der Waals surface area contributed by atoms with Crippen LogP contribution in [0.5, 0.6) is 0 Å². The summed E-state index contributed by atoms with van der Waals surface area (Å²) >= 11 is 7.16. The second-order valence-electron chi connectivity index (χ2n) is 4.77. The quantitative estimate of drug-likeness (QED) is 0.744. The molecule has 0 saturated heterocycles. The number of carbonyl (C=O) groups is 2. The molecule has 0 aliphatic rings. The van der Waals surface area contributed by atoms with Crippen LogP contribution < -0.4 is 5.32 Å². The molecule has 0 fully saturated rings. The van der Waals surface area contributed by atoms with Crippen LogP contribution in [-0.4, -0.2) is 31.7 Å². The molecule has 1 aromatic carbocycles. The van der Waals surface area contributed by atoms with E-state index >= 15 is 0 Å². The van der Waals surface area contributed by atoms with Crippen molar-refractivity contribution in [3.63, 3.8) is 0 Å². The summed E-state index contributed by atoms with van der Waals surface area (Å²) in [5, 5.41) is 3.34. The van der Waals surface area contributed by atoms with E-state index in [4.69, 9.17) is 21.1 Å². The molecule has 2 aromatic rings. The Bertz CT molecular complexity index is 712. The largest absolute Gasteiger partial charge is 0.462 e. The zero-order valence-corrected chi connectivity index (χ0v) is 15.0. The van der Waals surface area contributed by atoms with Crippen molar-refractivity contribution < 1.29 is 19.1 Å². The van der Waals surface area contributed by atoms with E-state index in [0.717, 1.165) is 10.4 Å². The molecule has 5 nitrogen and oxygen atoms in total. The third-order valence-electron chi connectivity index (χ3n) is 3.03. The van der Waals surface area contributed by atoms with E-state index in [9.17, 15) is 9.59 Å². The van der Waals surface area contributed by atoms with Gasteiger partial charge < -0.3 is 14.8 Å². The van der Waals surface area contributed by atoms with Gasteiger partial charge in [0.1, 0.15) is 11.5 Å². The fourth-order valence-corrected chi connectivity index (χ4v) is 3.11. The predicted octanol–water partition coefficient (Wildman–Crippen LogP) is 4.22. The molecule has 0 radical (unpaired) electrons. The van der Waals surface area contributed by atoms with Crippen molar-refractivity contribution in [2.24, 2.45) is 0 Å². The number of hydrogen-bond donors (Lipinski definition) is 1. The summed E-state index contributed by atoms with van der Waals surface area (Å²) in [5.74, 6) is -0.780. The number of anilines is 1. The highest BCUT2D eigenvalue weighted by atomic mass is 35.5. The van der Waals surface area contributed by atoms with Gasteiger partial charge >= 0.3 is 5.97 Å². The van der Waals surface area contributed by atoms with Gasteiger partial charge in [-0.2, -0.15) is 0 Å². The van der Waals surface area contributed by atoms with E-state index in [2.05, 4.69) is 5.32 Å². The van der Waals surface area contributed by atoms with Gasteiger partial charge in [-0.15, -0.1) is 11.3 Å². The molecule has 1 heterocycles. The number of halogens is 1. The number of thiophene rings is 1. The van der Waals surface area contributed by atoms with E-state index in [1.807, 2.05) is 12.1 Å². The van der Waals surface area contributed by atoms with Crippen LogP contribution in [0, 0.1) is 0 Å². The normalized spacial score (nSPS) is 10.5. The molecule has 0 aliphatic heterocycles. The monoisotopic (exact) mass is 367 g/mol. The Kier molecular flexibility index (Phi) is 6.78. The van der Waals surface area contributed by atoms with Crippen molar-refractivity contribution in [2.75, 3.05) is 25.1 Å². The first-order chi connectivity index (χ1) is 11.5. The number of carbonyl (C=O) groups excluding carboxylic acids is 2. The summed E-state index contributed by atoms with van der Waals surface area (Å²) in [6.45, 7) is 4.18. The van der Waals surface area contributed by atoms with Gasteiger partial charge in [-0.1, -0.05) is 23.7 Å². The summed E-state index contributed by atoms with van der Waals surface area (Å²) in [6, 6.07) is 9.01. The number of amides is 1. The maximum atomic E-state index is 12.1. The smallest absolute Gasteiger partial charge is 0.350 e. The van der Waals surface area contributed by atoms with Gasteiger partial charge in [-0.25, -0.2) is 4.79 Å². The summed E-state index contributed by atoms with van der Waals surface area (Å²) in [5.41, 5.74) is 1.33. The number of ether oxygens (including phenoxy) is 2. The van der Waals surface area contributed by atoms with E-state index < -0.39 is 5.97 Å². The van der Waals surface area contributed by atoms with Crippen molar-refractivity contribution >= 4 is 40.5 Å². The Morgan fingerprint density at radius 1 is 1.17 bits per heavy atom. The highest BCUT2D eigenvalue weighted by Gasteiger charge is 2.20. The minimum absolute atomic E-state index is 0.0646. The van der Waals surface area contributed by atoms with Gasteiger partial charge in [0.25, 0.3) is 0 Å². The van der Waals surface area contributed by atoms with Crippen LogP contribution in [0.4, 0.5) is 5.69 Å². The number of hydrogen-bond acceptors (Lipinski definition) is 5. The van der Waals surface area contributed by atoms with Gasteiger partial charge in [0.05, 0.1) is 12.3 Å². The lowest BCUT2D eigenvalue weighted by atomic mass is 10.2. The maximum absolute atomic E-state index is 12.1. The number of rotatable bonds is 7. The lowest BCUT2D eigenvalue weighted by Gasteiger charge is -2.06. The van der Waals surface area contributed by atoms with Crippen molar-refractivity contribution in [2.45, 2.75) is 13.8 Å². The molecule has 7 heteroatoms. The minimum atomic E-state index is -0.463. The third kappa shape index (κ3) is 4.80. The van der Waals surface area contributed by atoms with Crippen molar-refractivity contribution in [1.29, 1.82) is 0 Å². The Morgan fingerprint density at radius 3 is 2.50 bits per heavy atom. The van der Waals surface area contributed by atoms with Crippen LogP contribution in [0.25, 0.3) is 10.4 Å². The first kappa shape index (κ1) is 18.4. The standard InChI is InChI=1S/C17H18ClNO4S/c1-3-22-10-15(20)19-13-9-14(11-5-7-12(18)8-6-11)24-16(13)17(21)23-4-2/h5-9H,3-4,10H2,1-2H3,(H,19,20). The molecule has 0 atom stereocenters. The molecular formula is C17H18ClNO4S. The molecule has 0 bridgehead atoms. The molecule has 1 aromatic heterocycles. The van der Waals surface area contributed by atoms with Crippen LogP contribution in [0.1, 0.15) is 23.5 Å². The highest BCUT2D eigenvalue weighted by Crippen LogP contribution is 2.35. The predicted molar refractivity (Wildman–Crippen MR) is 95.8 cm³/mol. The molecule has 2 rings (SSSR count). The Balaban J connectivity index is 2.30. The zero-order valence-electron chi connectivity index (χ0n) is 13.4. The SMILES string of the molecule is CCOCC(=O)Nc1cc(-c2ccc(Cl)cc2)sc1C(=O)OCC. The lowest BCUT2D eigenvalue weighted by Crippen LogP contribution is -2.19. The van der Waals surface area contributed by atoms with Crippen LogP contribution >= 0.6 is 22.9 Å². The maximum Gasteiger partial charge on any atom is 0.350 e. The molecule has 0 spiro atoms. The summed E-state index contributed by atoms with van der Waals surface area (Å²) in [6.07, 6.45) is 0. The molecule has 24 heavy (non-hydrogen) atoms. The summed E-state index contributed by atoms with van der Waals surface area (Å²) in [7, 11) is 0. The number of esters is 1. The zero-order chi connectivity index (χ0) is 17.5. The van der Waals surface area contributed by atoms with E-state index in [0.29, 0.717) is 22.2 Å². The second-order valence-corrected chi connectivity index (χ2v) is 6.25. The molecule has 0 saturated carbocycles. The van der Waals surface area contributed by atoms with Gasteiger partial charge in [0, 0.05) is 16.5 Å². The summed E-state index contributed by atoms with van der Waals surface area (Å²) in [4.78, 5) is 25.2. The van der Waals surface area contributed by atoms with E-state index in [-0.39, 0.29) is 19.1 Å². The first-order valence-corrected chi connectivity index (χ1v) is 8.69. The van der Waals surface area contributed by atoms with Crippen molar-refractivity contribution in [1.82, 2.24) is 0 Å². The number of benzene rings is 1. The van der Waals surface area contributed by atoms with Crippen LogP contribution in [-0.2, 0) is 14.3 Å². The Hall–Kier alpha value is -1.89. The van der Waals surface area contributed by atoms with Crippen LogP contribution in [0.15, 0.2) is 30.3 Å². The van der Waals surface area contributed by atoms with E-state index in [1.54, 1.807) is 32.0 Å². The summed E-state index contributed by atoms with van der Waals surface area (Å²) < 4.78 is 10.1. The fourth-order valence-electron chi connectivity index (χ4n) is 1.97. The van der Waals surface area contributed by atoms with Gasteiger partial charge in [-0.3, -0.25) is 4.79 Å². The van der Waals surface area contributed by atoms with Crippen molar-refractivity contribution in [3.8, 4) is 10.4 Å². The van der Waals surface area contributed by atoms with Gasteiger partial charge in [0.15, 0.2) is 0 Å². The van der Waals surface area contributed by atoms with Gasteiger partial charge in [-0.05, 0) is 37.6 Å². The van der Waals surface area contributed by atoms with Crippen molar-refractivity contribution in [3.05, 3.63) is 40.2 Å². The Labute approximate surface area is 149 Å². The Morgan fingerprint density at radius 2 is 1.88 bits per heavy atom. The third-order valence-corrected chi connectivity index (χ3v) is 4.45. The van der Waals surface area contributed by atoms with Crippen LogP contribution in [0.3, 0.4) is 0 Å². The van der Waals surface area contributed by atoms with Gasteiger partial charge in [0.2, 0.25) is 5.91 Å². The molecule has 0 aliphatic carbocycles. The minimum Gasteiger partial charge on any atom is -0.462 e. The number of nitrogens with one attached hydrogen (secondary N) is 1. The average molecular weight is 368 g/mol. The molecule has 1 N–H and O–H groups in total. The second kappa shape index (κ2) is 8.82. The fraction of sp³-hybridized carbons (Fsp3) is 0.294. The molecule has 128 valence electrons.